The third kappa shape index (κ3) is 5.54. The summed E-state index contributed by atoms with van der Waals surface area (Å²) in [6, 6.07) is 10.4. The number of carbonyl (C=O) groups is 1. The van der Waals surface area contributed by atoms with Crippen molar-refractivity contribution in [3.63, 3.8) is 0 Å². The van der Waals surface area contributed by atoms with Gasteiger partial charge >= 0.3 is 6.16 Å². The van der Waals surface area contributed by atoms with E-state index in [0.717, 1.165) is 11.1 Å². The maximum Gasteiger partial charge on any atom is 0.453 e. The van der Waals surface area contributed by atoms with E-state index in [1.807, 2.05) is 5.48 Å². The van der Waals surface area contributed by atoms with E-state index >= 15 is 0 Å². The quantitative estimate of drug-likeness (QED) is 0.270. The molecule has 1 fully saturated rings. The van der Waals surface area contributed by atoms with Gasteiger partial charge < -0.3 is 35.1 Å². The first-order valence-corrected chi connectivity index (χ1v) is 9.50. The molecule has 0 spiro atoms. The van der Waals surface area contributed by atoms with Gasteiger partial charge in [-0.1, -0.05) is 35.9 Å². The molecule has 2 aromatic carbocycles. The number of rotatable bonds is 7. The van der Waals surface area contributed by atoms with Gasteiger partial charge in [-0.25, -0.2) is 0 Å². The maximum absolute atomic E-state index is 12.2. The summed E-state index contributed by atoms with van der Waals surface area (Å²) in [6.45, 7) is -0.313. The summed E-state index contributed by atoms with van der Waals surface area (Å²) in [5.74, 6) is -0.222. The van der Waals surface area contributed by atoms with E-state index in [9.17, 15) is 15.1 Å². The van der Waals surface area contributed by atoms with Crippen LogP contribution in [0.1, 0.15) is 29.2 Å². The Morgan fingerprint density at radius 3 is 2.47 bits per heavy atom. The number of hydroxylamine groups is 1. The second-order valence-corrected chi connectivity index (χ2v) is 7.39. The number of nitrogens with one attached hydrogen (secondary N) is 1. The summed E-state index contributed by atoms with van der Waals surface area (Å²) >= 11 is 6.32. The Bertz CT molecular complexity index is 883. The van der Waals surface area contributed by atoms with Crippen molar-refractivity contribution in [3.8, 4) is 5.75 Å². The van der Waals surface area contributed by atoms with Crippen LogP contribution in [-0.4, -0.2) is 56.3 Å². The summed E-state index contributed by atoms with van der Waals surface area (Å²) in [4.78, 5) is 12.2. The Morgan fingerprint density at radius 1 is 1.17 bits per heavy atom. The molecule has 0 saturated carbocycles. The lowest BCUT2D eigenvalue weighted by molar-refractivity contribution is -0.419. The number of benzene rings is 2. The van der Waals surface area contributed by atoms with Gasteiger partial charge in [-0.05, 0) is 41.3 Å². The van der Waals surface area contributed by atoms with Crippen molar-refractivity contribution >= 4 is 17.4 Å². The first kappa shape index (κ1) is 22.6. The minimum Gasteiger partial charge on any atom is -0.417 e. The Hall–Kier alpha value is -2.08. The number of aliphatic hydroxyl groups is 4. The molecule has 3 atom stereocenters. The van der Waals surface area contributed by atoms with Crippen LogP contribution in [0, 0.1) is 0 Å². The number of aliphatic hydroxyl groups excluding tert-OH is 1. The number of Topliss-reactive ketones (excluding diaryl/α,β-unsaturated/α-hetero) is 1. The third-order valence-corrected chi connectivity index (χ3v) is 5.10. The summed E-state index contributed by atoms with van der Waals surface area (Å²) < 4.78 is 10.3. The summed E-state index contributed by atoms with van der Waals surface area (Å²) in [7, 11) is 0. The van der Waals surface area contributed by atoms with Crippen molar-refractivity contribution in [1.29, 1.82) is 0 Å². The lowest BCUT2D eigenvalue weighted by Gasteiger charge is -2.34. The molecule has 0 bridgehead atoms. The molecule has 2 aromatic rings. The SMILES string of the molecule is O=C1CC(CO)OC(c2ccc(Cl)c(Cc3ccc(OC(O)(O)O)cc3)c2)C1NO. The molecule has 9 nitrogen and oxygen atoms in total. The van der Waals surface area contributed by atoms with Crippen LogP contribution in [0.25, 0.3) is 0 Å². The predicted octanol–water partition coefficient (Wildman–Crippen LogP) is 0.637. The fourth-order valence-electron chi connectivity index (χ4n) is 3.33. The van der Waals surface area contributed by atoms with Gasteiger partial charge in [0.1, 0.15) is 17.9 Å². The molecule has 1 aliphatic rings. The zero-order valence-electron chi connectivity index (χ0n) is 15.7. The number of hydrogen-bond donors (Lipinski definition) is 6. The lowest BCUT2D eigenvalue weighted by atomic mass is 9.91. The molecule has 0 aromatic heterocycles. The van der Waals surface area contributed by atoms with Crippen LogP contribution < -0.4 is 10.2 Å². The van der Waals surface area contributed by atoms with Crippen LogP contribution in [0.3, 0.4) is 0 Å². The molecule has 1 heterocycles. The molecule has 0 radical (unpaired) electrons. The molecular weight excluding hydrogens is 418 g/mol. The fraction of sp³-hybridized carbons (Fsp3) is 0.350. The van der Waals surface area contributed by atoms with Crippen LogP contribution in [0.2, 0.25) is 5.02 Å². The van der Waals surface area contributed by atoms with E-state index in [0.29, 0.717) is 17.0 Å². The van der Waals surface area contributed by atoms with Crippen LogP contribution in [0.4, 0.5) is 0 Å². The standard InChI is InChI=1S/C20H22ClNO8/c21-16-6-3-12(19-18(22-28)17(24)9-15(10-23)29-19)8-13(16)7-11-1-4-14(5-2-11)30-20(25,26)27/h1-6,8,15,18-19,22-23,25-28H,7,9-10H2. The van der Waals surface area contributed by atoms with Crippen molar-refractivity contribution in [3.05, 3.63) is 64.2 Å². The maximum atomic E-state index is 12.2. The molecule has 1 aliphatic heterocycles. The zero-order chi connectivity index (χ0) is 21.9. The van der Waals surface area contributed by atoms with Gasteiger partial charge in [0.25, 0.3) is 0 Å². The third-order valence-electron chi connectivity index (χ3n) is 4.73. The molecule has 0 amide bonds. The molecule has 3 rings (SSSR count). The average molecular weight is 440 g/mol. The average Bonchev–Trinajstić information content (AvgIpc) is 2.69. The van der Waals surface area contributed by atoms with E-state index in [1.54, 1.807) is 30.3 Å². The van der Waals surface area contributed by atoms with Crippen LogP contribution in [0.15, 0.2) is 42.5 Å². The van der Waals surface area contributed by atoms with Crippen LogP contribution in [0.5, 0.6) is 5.75 Å². The molecule has 6 N–H and O–H groups in total. The van der Waals surface area contributed by atoms with Gasteiger partial charge in [0.15, 0.2) is 5.78 Å². The highest BCUT2D eigenvalue weighted by Crippen LogP contribution is 2.32. The molecular formula is C20H22ClNO8. The van der Waals surface area contributed by atoms with E-state index in [1.165, 1.54) is 12.1 Å². The number of carbonyl (C=O) groups excluding carboxylic acids is 1. The fourth-order valence-corrected chi connectivity index (χ4v) is 3.52. The van der Waals surface area contributed by atoms with Crippen molar-refractivity contribution in [1.82, 2.24) is 5.48 Å². The lowest BCUT2D eigenvalue weighted by Crippen LogP contribution is -2.48. The molecule has 162 valence electrons. The predicted molar refractivity (Wildman–Crippen MR) is 104 cm³/mol. The van der Waals surface area contributed by atoms with Crippen molar-refractivity contribution < 1.29 is 39.9 Å². The second kappa shape index (κ2) is 9.38. The monoisotopic (exact) mass is 439 g/mol. The highest BCUT2D eigenvalue weighted by Gasteiger charge is 2.38. The number of halogens is 1. The van der Waals surface area contributed by atoms with Gasteiger partial charge in [0, 0.05) is 11.4 Å². The first-order valence-electron chi connectivity index (χ1n) is 9.12. The molecule has 1 saturated heterocycles. The Balaban J connectivity index is 1.82. The molecule has 3 unspecified atom stereocenters. The normalized spacial score (nSPS) is 22.2. The van der Waals surface area contributed by atoms with Gasteiger partial charge in [-0.15, -0.1) is 0 Å². The smallest absolute Gasteiger partial charge is 0.417 e. The van der Waals surface area contributed by atoms with Crippen LogP contribution in [-0.2, 0) is 16.0 Å². The Morgan fingerprint density at radius 2 is 1.87 bits per heavy atom. The van der Waals surface area contributed by atoms with Gasteiger partial charge in [-0.2, -0.15) is 5.48 Å². The van der Waals surface area contributed by atoms with E-state index in [2.05, 4.69) is 4.74 Å². The largest absolute Gasteiger partial charge is 0.453 e. The van der Waals surface area contributed by atoms with Crippen molar-refractivity contribution in [2.45, 2.75) is 37.3 Å². The Labute approximate surface area is 177 Å². The number of hydrogen-bond acceptors (Lipinski definition) is 9. The first-order chi connectivity index (χ1) is 14.2. The molecule has 10 heteroatoms. The van der Waals surface area contributed by atoms with E-state index in [-0.39, 0.29) is 24.6 Å². The summed E-state index contributed by atoms with van der Waals surface area (Å²) in [5, 5.41) is 45.9. The van der Waals surface area contributed by atoms with Gasteiger partial charge in [0.05, 0.1) is 12.7 Å². The number of ether oxygens (including phenoxy) is 2. The zero-order valence-corrected chi connectivity index (χ0v) is 16.5. The second-order valence-electron chi connectivity index (χ2n) is 6.99. The van der Waals surface area contributed by atoms with Crippen LogP contribution >= 0.6 is 11.6 Å². The summed E-state index contributed by atoms with van der Waals surface area (Å²) in [6.07, 6.45) is -4.32. The highest BCUT2D eigenvalue weighted by atomic mass is 35.5. The topological polar surface area (TPSA) is 149 Å². The van der Waals surface area contributed by atoms with Gasteiger partial charge in [0.2, 0.25) is 0 Å². The van der Waals surface area contributed by atoms with Crippen molar-refractivity contribution in [2.75, 3.05) is 6.61 Å². The Kier molecular flexibility index (Phi) is 7.06. The highest BCUT2D eigenvalue weighted by molar-refractivity contribution is 6.31. The number of ketones is 1. The molecule has 0 aliphatic carbocycles. The van der Waals surface area contributed by atoms with Gasteiger partial charge in [-0.3, -0.25) is 4.79 Å². The van der Waals surface area contributed by atoms with E-state index < -0.39 is 24.4 Å². The van der Waals surface area contributed by atoms with Crippen molar-refractivity contribution in [2.24, 2.45) is 0 Å². The molecule has 30 heavy (non-hydrogen) atoms. The summed E-state index contributed by atoms with van der Waals surface area (Å²) in [5.41, 5.74) is 4.14. The minimum atomic E-state index is -3.26. The minimum absolute atomic E-state index is 0.00308. The van der Waals surface area contributed by atoms with E-state index in [4.69, 9.17) is 31.7 Å².